The van der Waals surface area contributed by atoms with Gasteiger partial charge in [-0.1, -0.05) is 19.1 Å². The van der Waals surface area contributed by atoms with E-state index in [-0.39, 0.29) is 11.9 Å². The fourth-order valence-corrected chi connectivity index (χ4v) is 2.84. The second-order valence-corrected chi connectivity index (χ2v) is 5.80. The van der Waals surface area contributed by atoms with Gasteiger partial charge in [0.1, 0.15) is 24.5 Å². The highest BCUT2D eigenvalue weighted by atomic mass is 16.2. The third-order valence-corrected chi connectivity index (χ3v) is 4.05. The molecule has 3 aromatic rings. The molecular weight excluding hydrogens is 304 g/mol. The number of benzene rings is 1. The van der Waals surface area contributed by atoms with Gasteiger partial charge in [-0.15, -0.1) is 10.2 Å². The minimum atomic E-state index is -0.306. The zero-order valence-corrected chi connectivity index (χ0v) is 14.0. The van der Waals surface area contributed by atoms with Gasteiger partial charge < -0.3 is 14.5 Å². The summed E-state index contributed by atoms with van der Waals surface area (Å²) in [6, 6.07) is 7.65. The standard InChI is InChI=1S/C17H22N6O/c1-3-6-16-21-14-7-4-5-8-15(14)23(16)13(2)17(24)18-9-10-22-11-19-20-12-22/h4-5,7-8,11-13H,3,6,9-10H2,1-2H3,(H,18,24). The van der Waals surface area contributed by atoms with Crippen molar-refractivity contribution in [3.63, 3.8) is 0 Å². The average Bonchev–Trinajstić information content (AvgIpc) is 3.21. The summed E-state index contributed by atoms with van der Waals surface area (Å²) in [4.78, 5) is 17.3. The van der Waals surface area contributed by atoms with Gasteiger partial charge >= 0.3 is 0 Å². The van der Waals surface area contributed by atoms with Crippen molar-refractivity contribution in [2.75, 3.05) is 6.54 Å². The van der Waals surface area contributed by atoms with E-state index in [2.05, 4.69) is 27.4 Å². The van der Waals surface area contributed by atoms with Crippen molar-refractivity contribution in [2.45, 2.75) is 39.3 Å². The maximum absolute atomic E-state index is 12.6. The summed E-state index contributed by atoms with van der Waals surface area (Å²) in [5.74, 6) is 0.948. The van der Waals surface area contributed by atoms with E-state index in [0.717, 1.165) is 29.7 Å². The first-order valence-electron chi connectivity index (χ1n) is 8.26. The van der Waals surface area contributed by atoms with Crippen molar-refractivity contribution < 1.29 is 4.79 Å². The second kappa shape index (κ2) is 7.25. The lowest BCUT2D eigenvalue weighted by atomic mass is 10.2. The second-order valence-electron chi connectivity index (χ2n) is 5.80. The summed E-state index contributed by atoms with van der Waals surface area (Å²) in [7, 11) is 0. The van der Waals surface area contributed by atoms with Crippen molar-refractivity contribution >= 4 is 16.9 Å². The van der Waals surface area contributed by atoms with Crippen LogP contribution in [0.15, 0.2) is 36.9 Å². The van der Waals surface area contributed by atoms with Gasteiger partial charge in [0.25, 0.3) is 0 Å². The number of imidazole rings is 1. The number of rotatable bonds is 7. The van der Waals surface area contributed by atoms with Gasteiger partial charge in [-0.2, -0.15) is 0 Å². The average molecular weight is 326 g/mol. The molecule has 0 aliphatic heterocycles. The summed E-state index contributed by atoms with van der Waals surface area (Å²) in [5.41, 5.74) is 1.94. The van der Waals surface area contributed by atoms with E-state index in [0.29, 0.717) is 13.1 Å². The predicted octanol–water partition coefficient (Wildman–Crippen LogP) is 1.96. The van der Waals surface area contributed by atoms with Crippen molar-refractivity contribution in [1.82, 2.24) is 29.6 Å². The summed E-state index contributed by atoms with van der Waals surface area (Å²) in [6.07, 6.45) is 5.12. The molecule has 7 heteroatoms. The van der Waals surface area contributed by atoms with Gasteiger partial charge in [-0.3, -0.25) is 4.79 Å². The number of nitrogens with zero attached hydrogens (tertiary/aromatic N) is 5. The van der Waals surface area contributed by atoms with Crippen LogP contribution in [0.3, 0.4) is 0 Å². The number of carbonyl (C=O) groups is 1. The van der Waals surface area contributed by atoms with E-state index in [1.807, 2.05) is 40.3 Å². The summed E-state index contributed by atoms with van der Waals surface area (Å²) in [6.45, 7) is 5.23. The minimum absolute atomic E-state index is 0.0106. The smallest absolute Gasteiger partial charge is 0.242 e. The van der Waals surface area contributed by atoms with Crippen LogP contribution in [-0.2, 0) is 17.8 Å². The van der Waals surface area contributed by atoms with Gasteiger partial charge in [0.2, 0.25) is 5.91 Å². The Labute approximate surface area is 140 Å². The lowest BCUT2D eigenvalue weighted by molar-refractivity contribution is -0.123. The number of hydrogen-bond acceptors (Lipinski definition) is 4. The number of para-hydroxylation sites is 2. The molecule has 2 heterocycles. The molecule has 2 aromatic heterocycles. The zero-order valence-electron chi connectivity index (χ0n) is 14.0. The third kappa shape index (κ3) is 3.29. The van der Waals surface area contributed by atoms with Crippen LogP contribution in [0.4, 0.5) is 0 Å². The summed E-state index contributed by atoms with van der Waals surface area (Å²) in [5, 5.41) is 10.5. The Bertz CT molecular complexity index is 808. The van der Waals surface area contributed by atoms with Crippen molar-refractivity contribution in [3.05, 3.63) is 42.7 Å². The number of carbonyl (C=O) groups excluding carboxylic acids is 1. The Balaban J connectivity index is 1.75. The zero-order chi connectivity index (χ0) is 16.9. The van der Waals surface area contributed by atoms with Crippen LogP contribution >= 0.6 is 0 Å². The molecule has 1 N–H and O–H groups in total. The molecule has 1 unspecified atom stereocenters. The first-order chi connectivity index (χ1) is 11.7. The molecule has 0 saturated heterocycles. The number of fused-ring (bicyclic) bond motifs is 1. The maximum atomic E-state index is 12.6. The monoisotopic (exact) mass is 326 g/mol. The van der Waals surface area contributed by atoms with E-state index >= 15 is 0 Å². The number of aromatic nitrogens is 5. The quantitative estimate of drug-likeness (QED) is 0.720. The molecule has 24 heavy (non-hydrogen) atoms. The molecule has 7 nitrogen and oxygen atoms in total. The van der Waals surface area contributed by atoms with Crippen LogP contribution in [0.1, 0.15) is 32.1 Å². The minimum Gasteiger partial charge on any atom is -0.353 e. The molecule has 0 bridgehead atoms. The molecule has 0 spiro atoms. The van der Waals surface area contributed by atoms with Crippen molar-refractivity contribution in [2.24, 2.45) is 0 Å². The molecule has 3 rings (SSSR count). The van der Waals surface area contributed by atoms with Crippen LogP contribution < -0.4 is 5.32 Å². The number of hydrogen-bond donors (Lipinski definition) is 1. The van der Waals surface area contributed by atoms with Gasteiger partial charge in [0.15, 0.2) is 0 Å². The van der Waals surface area contributed by atoms with E-state index < -0.39 is 0 Å². The van der Waals surface area contributed by atoms with E-state index in [1.165, 1.54) is 0 Å². The highest BCUT2D eigenvalue weighted by Crippen LogP contribution is 2.22. The molecule has 0 aliphatic carbocycles. The Kier molecular flexibility index (Phi) is 4.88. The highest BCUT2D eigenvalue weighted by molar-refractivity contribution is 5.84. The number of nitrogens with one attached hydrogen (secondary N) is 1. The largest absolute Gasteiger partial charge is 0.353 e. The Hall–Kier alpha value is -2.70. The normalized spacial score (nSPS) is 12.4. The topological polar surface area (TPSA) is 77.6 Å². The van der Waals surface area contributed by atoms with Crippen LogP contribution in [-0.4, -0.2) is 36.8 Å². The van der Waals surface area contributed by atoms with Crippen LogP contribution in [0, 0.1) is 0 Å². The predicted molar refractivity (Wildman–Crippen MR) is 91.5 cm³/mol. The van der Waals surface area contributed by atoms with Gasteiger partial charge in [0, 0.05) is 19.5 Å². The first kappa shape index (κ1) is 16.2. The Morgan fingerprint density at radius 3 is 2.75 bits per heavy atom. The van der Waals surface area contributed by atoms with Gasteiger partial charge in [0.05, 0.1) is 11.0 Å². The lowest BCUT2D eigenvalue weighted by Crippen LogP contribution is -2.33. The van der Waals surface area contributed by atoms with E-state index in [4.69, 9.17) is 0 Å². The summed E-state index contributed by atoms with van der Waals surface area (Å²) < 4.78 is 3.88. The number of amides is 1. The van der Waals surface area contributed by atoms with Crippen LogP contribution in [0.5, 0.6) is 0 Å². The maximum Gasteiger partial charge on any atom is 0.242 e. The molecule has 1 aromatic carbocycles. The molecule has 1 amide bonds. The van der Waals surface area contributed by atoms with Crippen LogP contribution in [0.25, 0.3) is 11.0 Å². The molecule has 126 valence electrons. The summed E-state index contributed by atoms with van der Waals surface area (Å²) >= 11 is 0. The highest BCUT2D eigenvalue weighted by Gasteiger charge is 2.20. The molecular formula is C17H22N6O. The Morgan fingerprint density at radius 2 is 2.00 bits per heavy atom. The van der Waals surface area contributed by atoms with E-state index in [9.17, 15) is 4.79 Å². The third-order valence-electron chi connectivity index (χ3n) is 4.05. The molecule has 0 fully saturated rings. The van der Waals surface area contributed by atoms with Gasteiger partial charge in [-0.25, -0.2) is 4.98 Å². The Morgan fingerprint density at radius 1 is 1.25 bits per heavy atom. The van der Waals surface area contributed by atoms with Gasteiger partial charge in [-0.05, 0) is 25.5 Å². The fourth-order valence-electron chi connectivity index (χ4n) is 2.84. The molecule has 0 aliphatic rings. The van der Waals surface area contributed by atoms with Crippen LogP contribution in [0.2, 0.25) is 0 Å². The SMILES string of the molecule is CCCc1nc2ccccc2n1C(C)C(=O)NCCn1cnnc1. The molecule has 1 atom stereocenters. The number of aryl methyl sites for hydroxylation is 1. The fraction of sp³-hybridized carbons (Fsp3) is 0.412. The molecule has 0 radical (unpaired) electrons. The lowest BCUT2D eigenvalue weighted by Gasteiger charge is -2.17. The molecule has 0 saturated carbocycles. The van der Waals surface area contributed by atoms with Crippen molar-refractivity contribution in [1.29, 1.82) is 0 Å². The van der Waals surface area contributed by atoms with E-state index in [1.54, 1.807) is 12.7 Å². The van der Waals surface area contributed by atoms with Crippen molar-refractivity contribution in [3.8, 4) is 0 Å². The first-order valence-corrected chi connectivity index (χ1v) is 8.26.